The predicted octanol–water partition coefficient (Wildman–Crippen LogP) is 0.901. The topological polar surface area (TPSA) is 129 Å². The fourth-order valence-electron chi connectivity index (χ4n) is 2.61. The molecule has 4 N–H and O–H groups in total. The lowest BCUT2D eigenvalue weighted by atomic mass is 10.2. The molecule has 0 spiro atoms. The minimum Gasteiger partial charge on any atom is -0.494 e. The number of para-hydroxylation sites is 1. The molecule has 0 atom stereocenters. The molecule has 0 radical (unpaired) electrons. The highest BCUT2D eigenvalue weighted by Crippen LogP contribution is 2.36. The summed E-state index contributed by atoms with van der Waals surface area (Å²) in [6.07, 6.45) is 1.99. The number of carbonyl (C=O) groups is 1. The maximum atomic E-state index is 12.3. The smallest absolute Gasteiger partial charge is 0.289 e. The number of nitrogens with two attached hydrogens (primary N) is 1. The van der Waals surface area contributed by atoms with E-state index in [1.54, 1.807) is 18.2 Å². The van der Waals surface area contributed by atoms with Gasteiger partial charge in [-0.3, -0.25) is 19.6 Å². The number of unbranched alkanes of at least 4 members (excludes halogenated alkanes) is 1. The monoisotopic (exact) mass is 362 g/mol. The fourth-order valence-corrected chi connectivity index (χ4v) is 2.61. The summed E-state index contributed by atoms with van der Waals surface area (Å²) in [6.45, 7) is 1.99. The average Bonchev–Trinajstić information content (AvgIpc) is 2.65. The van der Waals surface area contributed by atoms with Gasteiger partial charge in [0.05, 0.1) is 14.2 Å². The highest BCUT2D eigenvalue weighted by molar-refractivity contribution is 5.95. The normalized spacial score (nSPS) is 10.5. The van der Waals surface area contributed by atoms with E-state index >= 15 is 0 Å². The zero-order valence-corrected chi connectivity index (χ0v) is 14.9. The zero-order chi connectivity index (χ0) is 19.3. The number of aromatic hydroxyl groups is 1. The standard InChI is InChI=1S/C17H22N4O5/c1-4-5-9-12-19-15(22)13(16(23)20-18)17(24)21(12)14-10(25-2)7-6-8-11(14)26-3/h6-8,24H,4-5,9,18H2,1-3H3,(H,20,23). The van der Waals surface area contributed by atoms with Crippen molar-refractivity contribution in [2.45, 2.75) is 26.2 Å². The fraction of sp³-hybridized carbons (Fsp3) is 0.353. The Morgan fingerprint density at radius 1 is 1.31 bits per heavy atom. The summed E-state index contributed by atoms with van der Waals surface area (Å²) in [5.74, 6) is 4.64. The summed E-state index contributed by atoms with van der Waals surface area (Å²) in [5.41, 5.74) is 0.765. The SMILES string of the molecule is CCCCc1nc(=O)c(C(=O)NN)c(O)n1-c1c(OC)cccc1OC. The lowest BCUT2D eigenvalue weighted by Crippen LogP contribution is -2.36. The molecule has 0 unspecified atom stereocenters. The first-order valence-electron chi connectivity index (χ1n) is 8.07. The molecular weight excluding hydrogens is 340 g/mol. The summed E-state index contributed by atoms with van der Waals surface area (Å²) in [5, 5.41) is 10.7. The third-order valence-corrected chi connectivity index (χ3v) is 3.88. The average molecular weight is 362 g/mol. The maximum Gasteiger partial charge on any atom is 0.289 e. The molecule has 1 amide bonds. The lowest BCUT2D eigenvalue weighted by molar-refractivity contribution is 0.0948. The van der Waals surface area contributed by atoms with Crippen molar-refractivity contribution in [1.29, 1.82) is 0 Å². The molecule has 9 heteroatoms. The van der Waals surface area contributed by atoms with Gasteiger partial charge in [-0.15, -0.1) is 0 Å². The summed E-state index contributed by atoms with van der Waals surface area (Å²) >= 11 is 0. The molecule has 9 nitrogen and oxygen atoms in total. The van der Waals surface area contributed by atoms with E-state index in [1.165, 1.54) is 18.8 Å². The summed E-state index contributed by atoms with van der Waals surface area (Å²) in [6, 6.07) is 5.05. The Bertz CT molecular complexity index is 841. The molecule has 0 saturated carbocycles. The van der Waals surface area contributed by atoms with Crippen LogP contribution in [0.1, 0.15) is 35.9 Å². The molecule has 1 aromatic heterocycles. The molecule has 26 heavy (non-hydrogen) atoms. The summed E-state index contributed by atoms with van der Waals surface area (Å²) in [7, 11) is 2.93. The first-order chi connectivity index (χ1) is 12.5. The van der Waals surface area contributed by atoms with Crippen LogP contribution in [-0.4, -0.2) is 34.8 Å². The van der Waals surface area contributed by atoms with E-state index < -0.39 is 22.9 Å². The van der Waals surface area contributed by atoms with Crippen LogP contribution in [0.15, 0.2) is 23.0 Å². The van der Waals surface area contributed by atoms with Gasteiger partial charge in [0.2, 0.25) is 5.88 Å². The van der Waals surface area contributed by atoms with Crippen LogP contribution in [0.5, 0.6) is 17.4 Å². The molecule has 0 aliphatic rings. The van der Waals surface area contributed by atoms with E-state index in [-0.39, 0.29) is 5.82 Å². The minimum atomic E-state index is -0.940. The number of amides is 1. The Kier molecular flexibility index (Phi) is 6.18. The number of nitrogens with one attached hydrogen (secondary N) is 1. The molecule has 2 rings (SSSR count). The third kappa shape index (κ3) is 3.47. The van der Waals surface area contributed by atoms with Gasteiger partial charge in [-0.05, 0) is 18.6 Å². The van der Waals surface area contributed by atoms with Crippen LogP contribution in [0, 0.1) is 0 Å². The van der Waals surface area contributed by atoms with E-state index in [9.17, 15) is 14.7 Å². The van der Waals surface area contributed by atoms with Crippen LogP contribution in [0.3, 0.4) is 0 Å². The van der Waals surface area contributed by atoms with Gasteiger partial charge in [0.1, 0.15) is 23.0 Å². The number of aryl methyl sites for hydroxylation is 1. The van der Waals surface area contributed by atoms with Crippen LogP contribution in [0.2, 0.25) is 0 Å². The molecule has 0 bridgehead atoms. The summed E-state index contributed by atoms with van der Waals surface area (Å²) in [4.78, 5) is 28.2. The van der Waals surface area contributed by atoms with Crippen molar-refractivity contribution in [3.05, 3.63) is 39.9 Å². The number of ether oxygens (including phenoxy) is 2. The van der Waals surface area contributed by atoms with Crippen LogP contribution in [0.4, 0.5) is 0 Å². The van der Waals surface area contributed by atoms with Gasteiger partial charge >= 0.3 is 0 Å². The summed E-state index contributed by atoms with van der Waals surface area (Å²) < 4.78 is 12.0. The van der Waals surface area contributed by atoms with Crippen LogP contribution in [-0.2, 0) is 6.42 Å². The predicted molar refractivity (Wildman–Crippen MR) is 94.9 cm³/mol. The highest BCUT2D eigenvalue weighted by atomic mass is 16.5. The van der Waals surface area contributed by atoms with E-state index in [2.05, 4.69) is 4.98 Å². The minimum absolute atomic E-state index is 0.283. The lowest BCUT2D eigenvalue weighted by Gasteiger charge is -2.20. The number of methoxy groups -OCH3 is 2. The Morgan fingerprint density at radius 3 is 2.42 bits per heavy atom. The van der Waals surface area contributed by atoms with Crippen molar-refractivity contribution in [1.82, 2.24) is 15.0 Å². The van der Waals surface area contributed by atoms with Crippen molar-refractivity contribution in [3.8, 4) is 23.1 Å². The van der Waals surface area contributed by atoms with E-state index in [0.717, 1.165) is 12.8 Å². The van der Waals surface area contributed by atoms with E-state index in [4.69, 9.17) is 15.3 Å². The molecule has 140 valence electrons. The van der Waals surface area contributed by atoms with Crippen molar-refractivity contribution in [2.24, 2.45) is 5.84 Å². The number of rotatable bonds is 7. The van der Waals surface area contributed by atoms with E-state index in [1.807, 2.05) is 12.3 Å². The number of aromatic nitrogens is 2. The molecule has 1 aromatic carbocycles. The van der Waals surface area contributed by atoms with Gasteiger partial charge in [0, 0.05) is 6.42 Å². The van der Waals surface area contributed by atoms with Crippen molar-refractivity contribution < 1.29 is 19.4 Å². The number of nitrogen functional groups attached to an aromatic ring is 1. The second kappa shape index (κ2) is 8.34. The first-order valence-corrected chi connectivity index (χ1v) is 8.07. The van der Waals surface area contributed by atoms with Crippen molar-refractivity contribution in [2.75, 3.05) is 14.2 Å². The van der Waals surface area contributed by atoms with Crippen molar-refractivity contribution in [3.63, 3.8) is 0 Å². The van der Waals surface area contributed by atoms with Crippen LogP contribution in [0.25, 0.3) is 5.69 Å². The highest BCUT2D eigenvalue weighted by Gasteiger charge is 2.26. The first kappa shape index (κ1) is 19.3. The second-order valence-corrected chi connectivity index (χ2v) is 5.46. The molecule has 0 aliphatic heterocycles. The molecule has 0 aliphatic carbocycles. The molecule has 2 aromatic rings. The number of nitrogens with zero attached hydrogens (tertiary/aromatic N) is 2. The maximum absolute atomic E-state index is 12.3. The van der Waals surface area contributed by atoms with Gasteiger partial charge in [-0.25, -0.2) is 5.84 Å². The number of hydrazine groups is 1. The van der Waals surface area contributed by atoms with Gasteiger partial charge in [0.15, 0.2) is 5.56 Å². The Balaban J connectivity index is 2.90. The second-order valence-electron chi connectivity index (χ2n) is 5.46. The largest absolute Gasteiger partial charge is 0.494 e. The molecular formula is C17H22N4O5. The molecule has 0 saturated heterocycles. The number of hydrogen-bond donors (Lipinski definition) is 3. The third-order valence-electron chi connectivity index (χ3n) is 3.88. The van der Waals surface area contributed by atoms with Gasteiger partial charge in [-0.1, -0.05) is 19.4 Å². The number of carbonyl (C=O) groups excluding carboxylic acids is 1. The number of hydrogen-bond acceptors (Lipinski definition) is 7. The van der Waals surface area contributed by atoms with Gasteiger partial charge in [0.25, 0.3) is 11.5 Å². The van der Waals surface area contributed by atoms with Crippen LogP contribution >= 0.6 is 0 Å². The Labute approximate surface area is 150 Å². The zero-order valence-electron chi connectivity index (χ0n) is 14.9. The van der Waals surface area contributed by atoms with Crippen molar-refractivity contribution >= 4 is 5.91 Å². The van der Waals surface area contributed by atoms with Crippen LogP contribution < -0.4 is 26.3 Å². The van der Waals surface area contributed by atoms with Gasteiger partial charge in [-0.2, -0.15) is 4.98 Å². The Morgan fingerprint density at radius 2 is 1.92 bits per heavy atom. The van der Waals surface area contributed by atoms with Gasteiger partial charge < -0.3 is 14.6 Å². The Hall–Kier alpha value is -3.07. The molecule has 1 heterocycles. The number of benzene rings is 1. The molecule has 0 fully saturated rings. The quantitative estimate of drug-likeness (QED) is 0.379. The van der Waals surface area contributed by atoms with E-state index in [0.29, 0.717) is 23.6 Å².